The molecule has 0 amide bonds. The molecule has 0 saturated heterocycles. The summed E-state index contributed by atoms with van der Waals surface area (Å²) in [5, 5.41) is 2.19. The Kier molecular flexibility index (Phi) is 3.62. The van der Waals surface area contributed by atoms with Crippen molar-refractivity contribution in [1.29, 1.82) is 0 Å². The van der Waals surface area contributed by atoms with Gasteiger partial charge in [-0.25, -0.2) is 4.98 Å². The molecular weight excluding hydrogens is 208 g/mol. The van der Waals surface area contributed by atoms with E-state index in [1.165, 1.54) is 6.42 Å². The highest BCUT2D eigenvalue weighted by atomic mass is 14.8. The molecule has 2 nitrogen and oxygen atoms in total. The van der Waals surface area contributed by atoms with Gasteiger partial charge in [0.15, 0.2) is 0 Å². The number of rotatable bonds is 2. The number of hydrogen-bond donors (Lipinski definition) is 1. The minimum Gasteiger partial charge on any atom is -0.384 e. The molecule has 2 heteroatoms. The van der Waals surface area contributed by atoms with Gasteiger partial charge in [-0.2, -0.15) is 0 Å². The van der Waals surface area contributed by atoms with Gasteiger partial charge in [0, 0.05) is 23.6 Å². The molecule has 0 aliphatic carbocycles. The van der Waals surface area contributed by atoms with E-state index >= 15 is 0 Å². The Morgan fingerprint density at radius 1 is 1.24 bits per heavy atom. The van der Waals surface area contributed by atoms with Crippen LogP contribution in [-0.2, 0) is 0 Å². The number of benzene rings is 1. The Morgan fingerprint density at radius 2 is 2.12 bits per heavy atom. The van der Waals surface area contributed by atoms with Crippen molar-refractivity contribution >= 4 is 16.6 Å². The zero-order chi connectivity index (χ0) is 12.1. The number of nitrogen functional groups attached to an aromatic ring is 1. The van der Waals surface area contributed by atoms with Crippen molar-refractivity contribution in [3.05, 3.63) is 36.0 Å². The van der Waals surface area contributed by atoms with Gasteiger partial charge in [0.1, 0.15) is 5.82 Å². The lowest BCUT2D eigenvalue weighted by molar-refractivity contribution is 0.828. The van der Waals surface area contributed by atoms with Gasteiger partial charge in [0.25, 0.3) is 0 Å². The molecule has 0 saturated carbocycles. The molecule has 17 heavy (non-hydrogen) atoms. The molecule has 0 radical (unpaired) electrons. The van der Waals surface area contributed by atoms with Gasteiger partial charge in [0.05, 0.1) is 0 Å². The quantitative estimate of drug-likeness (QED) is 0.627. The Bertz CT molecular complexity index is 576. The summed E-state index contributed by atoms with van der Waals surface area (Å²) >= 11 is 0. The van der Waals surface area contributed by atoms with E-state index in [1.807, 2.05) is 18.2 Å². The molecule has 1 aromatic heterocycles. The Morgan fingerprint density at radius 3 is 2.94 bits per heavy atom. The van der Waals surface area contributed by atoms with Gasteiger partial charge < -0.3 is 5.73 Å². The summed E-state index contributed by atoms with van der Waals surface area (Å²) in [5.74, 6) is 6.91. The molecule has 2 N–H and O–H groups in total. The first kappa shape index (κ1) is 11.5. The third-order valence-electron chi connectivity index (χ3n) is 2.63. The maximum absolute atomic E-state index is 5.67. The lowest BCUT2D eigenvalue weighted by atomic mass is 10.1. The topological polar surface area (TPSA) is 38.9 Å². The van der Waals surface area contributed by atoms with Crippen LogP contribution in [0.4, 0.5) is 5.82 Å². The molecule has 1 heterocycles. The van der Waals surface area contributed by atoms with E-state index in [0.29, 0.717) is 5.82 Å². The van der Waals surface area contributed by atoms with E-state index < -0.39 is 0 Å². The monoisotopic (exact) mass is 224 g/mol. The summed E-state index contributed by atoms with van der Waals surface area (Å²) in [6, 6.07) is 8.00. The fourth-order valence-electron chi connectivity index (χ4n) is 1.67. The number of nitrogens with two attached hydrogens (primary N) is 1. The number of unbranched alkanes of at least 4 members (excludes halogenated alkanes) is 2. The highest BCUT2D eigenvalue weighted by Gasteiger charge is 1.95. The number of aromatic nitrogens is 1. The lowest BCUT2D eigenvalue weighted by Crippen LogP contribution is -1.88. The van der Waals surface area contributed by atoms with E-state index in [0.717, 1.165) is 29.2 Å². The maximum atomic E-state index is 5.67. The summed E-state index contributed by atoms with van der Waals surface area (Å²) in [7, 11) is 0. The average molecular weight is 224 g/mol. The maximum Gasteiger partial charge on any atom is 0.123 e. The fraction of sp³-hybridized carbons (Fsp3) is 0.267. The van der Waals surface area contributed by atoms with E-state index in [2.05, 4.69) is 29.8 Å². The van der Waals surface area contributed by atoms with Gasteiger partial charge >= 0.3 is 0 Å². The van der Waals surface area contributed by atoms with Gasteiger partial charge in [-0.1, -0.05) is 31.3 Å². The second-order valence-electron chi connectivity index (χ2n) is 4.08. The zero-order valence-corrected chi connectivity index (χ0v) is 10.0. The molecule has 0 atom stereocenters. The van der Waals surface area contributed by atoms with E-state index in [-0.39, 0.29) is 0 Å². The molecule has 0 aliphatic rings. The standard InChI is InChI=1S/C15H16N2/c1-2-3-4-5-6-12-7-8-13-11-17-15(16)10-14(13)9-12/h7-11H,2-4H2,1H3,(H2,16,17). The summed E-state index contributed by atoms with van der Waals surface area (Å²) in [5.41, 5.74) is 6.71. The van der Waals surface area contributed by atoms with Gasteiger partial charge in [-0.05, 0) is 30.0 Å². The average Bonchev–Trinajstić information content (AvgIpc) is 2.34. The lowest BCUT2D eigenvalue weighted by Gasteiger charge is -1.99. The van der Waals surface area contributed by atoms with Crippen molar-refractivity contribution in [3.8, 4) is 11.8 Å². The number of fused-ring (bicyclic) bond motifs is 1. The largest absolute Gasteiger partial charge is 0.384 e. The molecule has 1 aromatic carbocycles. The molecule has 0 unspecified atom stereocenters. The van der Waals surface area contributed by atoms with Crippen LogP contribution >= 0.6 is 0 Å². The second-order valence-corrected chi connectivity index (χ2v) is 4.08. The minimum absolute atomic E-state index is 0.550. The predicted molar refractivity (Wildman–Crippen MR) is 72.6 cm³/mol. The summed E-state index contributed by atoms with van der Waals surface area (Å²) in [6.07, 6.45) is 5.11. The van der Waals surface area contributed by atoms with Crippen LogP contribution in [0.3, 0.4) is 0 Å². The molecule has 86 valence electrons. The second kappa shape index (κ2) is 5.36. The van der Waals surface area contributed by atoms with E-state index in [4.69, 9.17) is 5.73 Å². The first-order chi connectivity index (χ1) is 8.29. The van der Waals surface area contributed by atoms with Gasteiger partial charge in [-0.15, -0.1) is 0 Å². The minimum atomic E-state index is 0.550. The third-order valence-corrected chi connectivity index (χ3v) is 2.63. The van der Waals surface area contributed by atoms with E-state index in [1.54, 1.807) is 6.20 Å². The van der Waals surface area contributed by atoms with Crippen LogP contribution in [-0.4, -0.2) is 4.98 Å². The van der Waals surface area contributed by atoms with Crippen molar-refractivity contribution in [2.45, 2.75) is 26.2 Å². The van der Waals surface area contributed by atoms with E-state index in [9.17, 15) is 0 Å². The summed E-state index contributed by atoms with van der Waals surface area (Å²) in [4.78, 5) is 4.07. The fourth-order valence-corrected chi connectivity index (χ4v) is 1.67. The summed E-state index contributed by atoms with van der Waals surface area (Å²) in [6.45, 7) is 2.17. The molecule has 2 rings (SSSR count). The highest BCUT2D eigenvalue weighted by molar-refractivity contribution is 5.84. The normalized spacial score (nSPS) is 9.94. The van der Waals surface area contributed by atoms with Crippen LogP contribution in [0.2, 0.25) is 0 Å². The Balaban J connectivity index is 2.26. The molecule has 0 spiro atoms. The van der Waals surface area contributed by atoms with Crippen LogP contribution in [0, 0.1) is 11.8 Å². The van der Waals surface area contributed by atoms with Crippen molar-refractivity contribution < 1.29 is 0 Å². The first-order valence-electron chi connectivity index (χ1n) is 5.94. The smallest absolute Gasteiger partial charge is 0.123 e. The van der Waals surface area contributed by atoms with Crippen molar-refractivity contribution in [1.82, 2.24) is 4.98 Å². The van der Waals surface area contributed by atoms with Gasteiger partial charge in [-0.3, -0.25) is 0 Å². The van der Waals surface area contributed by atoms with Crippen LogP contribution in [0.5, 0.6) is 0 Å². The van der Waals surface area contributed by atoms with Crippen LogP contribution < -0.4 is 5.73 Å². The number of anilines is 1. The van der Waals surface area contributed by atoms with Crippen LogP contribution in [0.1, 0.15) is 31.7 Å². The molecule has 2 aromatic rings. The highest BCUT2D eigenvalue weighted by Crippen LogP contribution is 2.16. The number of nitrogens with zero attached hydrogens (tertiary/aromatic N) is 1. The number of hydrogen-bond acceptors (Lipinski definition) is 2. The first-order valence-corrected chi connectivity index (χ1v) is 5.94. The SMILES string of the molecule is CCCCC#Cc1ccc2cnc(N)cc2c1. The molecule has 0 aliphatic heterocycles. The van der Waals surface area contributed by atoms with Crippen molar-refractivity contribution in [3.63, 3.8) is 0 Å². The molecule has 0 fully saturated rings. The van der Waals surface area contributed by atoms with Crippen LogP contribution in [0.25, 0.3) is 10.8 Å². The molecular formula is C15H16N2. The van der Waals surface area contributed by atoms with Crippen molar-refractivity contribution in [2.24, 2.45) is 0 Å². The third kappa shape index (κ3) is 2.98. The Labute approximate surface area is 102 Å². The van der Waals surface area contributed by atoms with Crippen molar-refractivity contribution in [2.75, 3.05) is 5.73 Å². The van der Waals surface area contributed by atoms with Crippen LogP contribution in [0.15, 0.2) is 30.5 Å². The number of pyridine rings is 1. The molecule has 0 bridgehead atoms. The van der Waals surface area contributed by atoms with Gasteiger partial charge in [0.2, 0.25) is 0 Å². The summed E-state index contributed by atoms with van der Waals surface area (Å²) < 4.78 is 0. The Hall–Kier alpha value is -2.01. The predicted octanol–water partition coefficient (Wildman–Crippen LogP) is 3.36. The zero-order valence-electron chi connectivity index (χ0n) is 10.0.